The fourth-order valence-corrected chi connectivity index (χ4v) is 3.67. The highest BCUT2D eigenvalue weighted by atomic mass is 79.9. The average Bonchev–Trinajstić information content (AvgIpc) is 2.66. The molecule has 0 saturated carbocycles. The first kappa shape index (κ1) is 20.9. The standard InChI is InChI=1S/C18H20BrN3O4S/c1-3-27(24,25)22(16-7-9-17(26-2)10-8-16)13-18(23)21-20-12-14-5-4-6-15(19)11-14/h4-12H,3,13H2,1-2H3,(H,21,23)/b20-12-. The molecule has 1 amide bonds. The van der Waals surface area contributed by atoms with Gasteiger partial charge in [0.25, 0.3) is 5.91 Å². The van der Waals surface area contributed by atoms with Crippen molar-refractivity contribution in [3.8, 4) is 5.75 Å². The minimum Gasteiger partial charge on any atom is -0.497 e. The highest BCUT2D eigenvalue weighted by molar-refractivity contribution is 9.10. The smallest absolute Gasteiger partial charge is 0.260 e. The van der Waals surface area contributed by atoms with Crippen LogP contribution in [0.1, 0.15) is 12.5 Å². The van der Waals surface area contributed by atoms with Gasteiger partial charge in [0.05, 0.1) is 24.8 Å². The molecule has 0 unspecified atom stereocenters. The monoisotopic (exact) mass is 453 g/mol. The number of carbonyl (C=O) groups excluding carboxylic acids is 1. The van der Waals surface area contributed by atoms with Crippen LogP contribution in [-0.4, -0.2) is 39.9 Å². The summed E-state index contributed by atoms with van der Waals surface area (Å²) in [4.78, 5) is 12.2. The molecule has 0 aromatic heterocycles. The topological polar surface area (TPSA) is 88.1 Å². The van der Waals surface area contributed by atoms with Crippen molar-refractivity contribution >= 4 is 43.8 Å². The van der Waals surface area contributed by atoms with E-state index in [9.17, 15) is 13.2 Å². The Hall–Kier alpha value is -2.39. The van der Waals surface area contributed by atoms with Gasteiger partial charge in [0, 0.05) is 4.47 Å². The summed E-state index contributed by atoms with van der Waals surface area (Å²) in [5, 5.41) is 3.88. The Morgan fingerprint density at radius 3 is 2.56 bits per heavy atom. The van der Waals surface area contributed by atoms with Crippen molar-refractivity contribution < 1.29 is 17.9 Å². The second-order valence-corrected chi connectivity index (χ2v) is 8.55. The minimum atomic E-state index is -3.64. The molecule has 9 heteroatoms. The molecule has 2 rings (SSSR count). The second kappa shape index (κ2) is 9.52. The van der Waals surface area contributed by atoms with Gasteiger partial charge in [0.15, 0.2) is 0 Å². The van der Waals surface area contributed by atoms with Crippen LogP contribution in [0.15, 0.2) is 58.1 Å². The Kier molecular flexibility index (Phi) is 7.37. The van der Waals surface area contributed by atoms with Gasteiger partial charge in [-0.1, -0.05) is 28.1 Å². The van der Waals surface area contributed by atoms with Crippen LogP contribution in [0.2, 0.25) is 0 Å². The maximum atomic E-state index is 12.4. The van der Waals surface area contributed by atoms with Crippen LogP contribution in [0.5, 0.6) is 5.75 Å². The molecule has 0 fully saturated rings. The lowest BCUT2D eigenvalue weighted by molar-refractivity contribution is -0.119. The molecule has 0 heterocycles. The second-order valence-electron chi connectivity index (χ2n) is 5.45. The molecule has 27 heavy (non-hydrogen) atoms. The third-order valence-electron chi connectivity index (χ3n) is 3.60. The maximum absolute atomic E-state index is 12.4. The molecule has 0 atom stereocenters. The number of hydrogen-bond acceptors (Lipinski definition) is 5. The summed E-state index contributed by atoms with van der Waals surface area (Å²) < 4.78 is 31.8. The van der Waals surface area contributed by atoms with Gasteiger partial charge < -0.3 is 4.74 Å². The predicted octanol–water partition coefficient (Wildman–Crippen LogP) is 2.76. The van der Waals surface area contributed by atoms with E-state index in [1.54, 1.807) is 24.3 Å². The lowest BCUT2D eigenvalue weighted by Gasteiger charge is -2.23. The van der Waals surface area contributed by atoms with E-state index in [1.807, 2.05) is 24.3 Å². The first-order valence-electron chi connectivity index (χ1n) is 8.07. The van der Waals surface area contributed by atoms with Crippen LogP contribution >= 0.6 is 15.9 Å². The van der Waals surface area contributed by atoms with Gasteiger partial charge in [0.1, 0.15) is 12.3 Å². The summed E-state index contributed by atoms with van der Waals surface area (Å²) in [6, 6.07) is 13.8. The predicted molar refractivity (Wildman–Crippen MR) is 110 cm³/mol. The SMILES string of the molecule is CCS(=O)(=O)N(CC(=O)N/N=C\c1cccc(Br)c1)c1ccc(OC)cc1. The summed E-state index contributed by atoms with van der Waals surface area (Å²) >= 11 is 3.35. The highest BCUT2D eigenvalue weighted by Gasteiger charge is 2.23. The van der Waals surface area contributed by atoms with Crippen molar-refractivity contribution in [1.82, 2.24) is 5.43 Å². The first-order valence-corrected chi connectivity index (χ1v) is 10.5. The number of halogens is 1. The van der Waals surface area contributed by atoms with E-state index in [1.165, 1.54) is 20.2 Å². The van der Waals surface area contributed by atoms with E-state index in [2.05, 4.69) is 26.5 Å². The molecule has 0 bridgehead atoms. The zero-order chi connectivity index (χ0) is 19.9. The number of nitrogens with zero attached hydrogens (tertiary/aromatic N) is 2. The van der Waals surface area contributed by atoms with Gasteiger partial charge in [-0.05, 0) is 48.9 Å². The maximum Gasteiger partial charge on any atom is 0.260 e. The molecule has 0 radical (unpaired) electrons. The Balaban J connectivity index is 2.11. The summed E-state index contributed by atoms with van der Waals surface area (Å²) in [6.07, 6.45) is 1.48. The molecule has 0 aliphatic carbocycles. The van der Waals surface area contributed by atoms with Gasteiger partial charge in [-0.3, -0.25) is 9.10 Å². The Morgan fingerprint density at radius 1 is 1.26 bits per heavy atom. The average molecular weight is 454 g/mol. The number of hydrogen-bond donors (Lipinski definition) is 1. The number of rotatable bonds is 8. The number of carbonyl (C=O) groups is 1. The third-order valence-corrected chi connectivity index (χ3v) is 5.83. The van der Waals surface area contributed by atoms with Crippen LogP contribution in [0.25, 0.3) is 0 Å². The highest BCUT2D eigenvalue weighted by Crippen LogP contribution is 2.22. The number of sulfonamides is 1. The van der Waals surface area contributed by atoms with Crippen molar-refractivity contribution in [2.24, 2.45) is 5.10 Å². The van der Waals surface area contributed by atoms with Crippen molar-refractivity contribution in [1.29, 1.82) is 0 Å². The van der Waals surface area contributed by atoms with Crippen molar-refractivity contribution in [3.05, 3.63) is 58.6 Å². The number of nitrogens with one attached hydrogen (secondary N) is 1. The van der Waals surface area contributed by atoms with E-state index < -0.39 is 15.9 Å². The lowest BCUT2D eigenvalue weighted by Crippen LogP contribution is -2.40. The molecule has 7 nitrogen and oxygen atoms in total. The number of anilines is 1. The molecule has 1 N–H and O–H groups in total. The van der Waals surface area contributed by atoms with Crippen LogP contribution in [0.3, 0.4) is 0 Å². The van der Waals surface area contributed by atoms with E-state index in [-0.39, 0.29) is 12.3 Å². The van der Waals surface area contributed by atoms with Gasteiger partial charge in [0.2, 0.25) is 10.0 Å². The lowest BCUT2D eigenvalue weighted by atomic mass is 10.2. The summed E-state index contributed by atoms with van der Waals surface area (Å²) in [5.74, 6) is -0.0853. The molecule has 144 valence electrons. The molecule has 0 aliphatic rings. The number of amides is 1. The largest absolute Gasteiger partial charge is 0.497 e. The molecule has 2 aromatic rings. The minimum absolute atomic E-state index is 0.131. The molecular formula is C18H20BrN3O4S. The van der Waals surface area contributed by atoms with Gasteiger partial charge in [-0.15, -0.1) is 0 Å². The molecular weight excluding hydrogens is 434 g/mol. The molecule has 0 spiro atoms. The molecule has 0 aliphatic heterocycles. The summed E-state index contributed by atoms with van der Waals surface area (Å²) in [6.45, 7) is 1.15. The Morgan fingerprint density at radius 2 is 1.96 bits per heavy atom. The fourth-order valence-electron chi connectivity index (χ4n) is 2.19. The zero-order valence-corrected chi connectivity index (χ0v) is 17.3. The quantitative estimate of drug-likeness (QED) is 0.491. The van der Waals surface area contributed by atoms with Crippen LogP contribution in [0, 0.1) is 0 Å². The van der Waals surface area contributed by atoms with E-state index in [0.29, 0.717) is 11.4 Å². The van der Waals surface area contributed by atoms with Crippen molar-refractivity contribution in [2.75, 3.05) is 23.7 Å². The zero-order valence-electron chi connectivity index (χ0n) is 14.9. The van der Waals surface area contributed by atoms with Crippen molar-refractivity contribution in [2.45, 2.75) is 6.92 Å². The van der Waals surface area contributed by atoms with E-state index in [0.717, 1.165) is 14.3 Å². The van der Waals surface area contributed by atoms with Crippen LogP contribution in [0.4, 0.5) is 5.69 Å². The summed E-state index contributed by atoms with van der Waals surface area (Å²) in [7, 11) is -2.12. The van der Waals surface area contributed by atoms with Crippen LogP contribution in [-0.2, 0) is 14.8 Å². The van der Waals surface area contributed by atoms with Crippen LogP contribution < -0.4 is 14.5 Å². The van der Waals surface area contributed by atoms with E-state index in [4.69, 9.17) is 4.74 Å². The van der Waals surface area contributed by atoms with Gasteiger partial charge in [-0.25, -0.2) is 13.8 Å². The number of hydrazone groups is 1. The summed E-state index contributed by atoms with van der Waals surface area (Å²) in [5.41, 5.74) is 3.52. The number of benzene rings is 2. The fraction of sp³-hybridized carbons (Fsp3) is 0.222. The number of ether oxygens (including phenoxy) is 1. The molecule has 2 aromatic carbocycles. The van der Waals surface area contributed by atoms with E-state index >= 15 is 0 Å². The Bertz CT molecular complexity index is 914. The first-order chi connectivity index (χ1) is 12.9. The van der Waals surface area contributed by atoms with Gasteiger partial charge >= 0.3 is 0 Å². The molecule has 0 saturated heterocycles. The number of methoxy groups -OCH3 is 1. The van der Waals surface area contributed by atoms with Gasteiger partial charge in [-0.2, -0.15) is 5.10 Å². The van der Waals surface area contributed by atoms with Crippen molar-refractivity contribution in [3.63, 3.8) is 0 Å². The Labute approximate surface area is 167 Å². The normalized spacial score (nSPS) is 11.4. The third kappa shape index (κ3) is 6.07.